The Labute approximate surface area is 192 Å². The Morgan fingerprint density at radius 2 is 1.87 bits per heavy atom. The van der Waals surface area contributed by atoms with Gasteiger partial charge in [0.2, 0.25) is 0 Å². The van der Waals surface area contributed by atoms with Crippen molar-refractivity contribution < 1.29 is 18.6 Å². The SMILES string of the molecule is COc1cc2c(c(F)c1OCc1ccccc1)CCN1CC(OC(C)(C)C)CCC21.S. The third-order valence-electron chi connectivity index (χ3n) is 5.94. The first-order valence-corrected chi connectivity index (χ1v) is 10.8. The van der Waals surface area contributed by atoms with Crippen LogP contribution >= 0.6 is 13.5 Å². The topological polar surface area (TPSA) is 30.9 Å². The molecule has 0 N–H and O–H groups in total. The molecule has 2 heterocycles. The van der Waals surface area contributed by atoms with Gasteiger partial charge in [-0.05, 0) is 62.8 Å². The molecule has 4 nitrogen and oxygen atoms in total. The Hall–Kier alpha value is -1.76. The molecule has 4 rings (SSSR count). The molecule has 2 aliphatic heterocycles. The van der Waals surface area contributed by atoms with Crippen molar-refractivity contribution in [2.45, 2.75) is 64.4 Å². The number of methoxy groups -OCH3 is 1. The molecule has 0 amide bonds. The summed E-state index contributed by atoms with van der Waals surface area (Å²) in [6.45, 7) is 8.33. The fourth-order valence-corrected chi connectivity index (χ4v) is 4.69. The number of rotatable bonds is 5. The third kappa shape index (κ3) is 5.36. The molecule has 2 unspecified atom stereocenters. The molecule has 0 saturated carbocycles. The van der Waals surface area contributed by atoms with Crippen molar-refractivity contribution in [3.8, 4) is 11.5 Å². The maximum absolute atomic E-state index is 15.5. The molecule has 2 aromatic carbocycles. The lowest BCUT2D eigenvalue weighted by Crippen LogP contribution is -2.47. The van der Waals surface area contributed by atoms with E-state index in [0.717, 1.165) is 42.6 Å². The van der Waals surface area contributed by atoms with Gasteiger partial charge in [-0.3, -0.25) is 4.90 Å². The number of hydrogen-bond donors (Lipinski definition) is 0. The minimum Gasteiger partial charge on any atom is -0.493 e. The summed E-state index contributed by atoms with van der Waals surface area (Å²) in [5.74, 6) is 0.420. The standard InChI is InChI=1S/C25H32FNO3.H2S/c1-25(2,3)30-18-10-11-21-20-14-22(28-4)24(29-16-17-8-6-5-7-9-17)23(26)19(20)12-13-27(21)15-18;/h5-9,14,18,21H,10-13,15-16H2,1-4H3;1H2. The van der Waals surface area contributed by atoms with Gasteiger partial charge in [-0.2, -0.15) is 13.5 Å². The van der Waals surface area contributed by atoms with Crippen LogP contribution in [0.2, 0.25) is 0 Å². The predicted molar refractivity (Wildman–Crippen MR) is 126 cm³/mol. The molecule has 6 heteroatoms. The predicted octanol–water partition coefficient (Wildman–Crippen LogP) is 5.40. The Morgan fingerprint density at radius 3 is 2.55 bits per heavy atom. The monoisotopic (exact) mass is 447 g/mol. The number of ether oxygens (including phenoxy) is 3. The summed E-state index contributed by atoms with van der Waals surface area (Å²) in [7, 11) is 1.57. The molecule has 2 aliphatic rings. The maximum Gasteiger partial charge on any atom is 0.197 e. The third-order valence-corrected chi connectivity index (χ3v) is 5.94. The number of halogens is 1. The molecule has 0 spiro atoms. The quantitative estimate of drug-likeness (QED) is 0.614. The van der Waals surface area contributed by atoms with E-state index in [4.69, 9.17) is 14.2 Å². The molecule has 0 aromatic heterocycles. The van der Waals surface area contributed by atoms with Gasteiger partial charge < -0.3 is 14.2 Å². The van der Waals surface area contributed by atoms with Crippen molar-refractivity contribution in [2.75, 3.05) is 20.2 Å². The largest absolute Gasteiger partial charge is 0.493 e. The van der Waals surface area contributed by atoms with Crippen LogP contribution in [-0.4, -0.2) is 36.8 Å². The molecule has 0 radical (unpaired) electrons. The first kappa shape index (κ1) is 23.9. The average Bonchev–Trinajstić information content (AvgIpc) is 2.72. The number of fused-ring (bicyclic) bond motifs is 3. The van der Waals surface area contributed by atoms with E-state index >= 15 is 4.39 Å². The van der Waals surface area contributed by atoms with Gasteiger partial charge in [-0.1, -0.05) is 30.3 Å². The van der Waals surface area contributed by atoms with E-state index in [0.29, 0.717) is 18.8 Å². The van der Waals surface area contributed by atoms with Crippen molar-refractivity contribution in [2.24, 2.45) is 0 Å². The first-order valence-electron chi connectivity index (χ1n) is 10.8. The van der Waals surface area contributed by atoms with Crippen LogP contribution in [-0.2, 0) is 17.8 Å². The summed E-state index contributed by atoms with van der Waals surface area (Å²) in [5.41, 5.74) is 2.66. The molecule has 1 fully saturated rings. The molecule has 170 valence electrons. The van der Waals surface area contributed by atoms with Crippen LogP contribution in [0.25, 0.3) is 0 Å². The van der Waals surface area contributed by atoms with Crippen LogP contribution in [0.15, 0.2) is 36.4 Å². The minimum atomic E-state index is -0.270. The number of nitrogens with zero attached hydrogens (tertiary/aromatic N) is 1. The lowest BCUT2D eigenvalue weighted by molar-refractivity contribution is -0.0972. The van der Waals surface area contributed by atoms with Crippen LogP contribution in [0.1, 0.15) is 56.3 Å². The normalized spacial score (nSPS) is 20.9. The highest BCUT2D eigenvalue weighted by Crippen LogP contribution is 2.44. The van der Waals surface area contributed by atoms with E-state index in [1.54, 1.807) is 7.11 Å². The summed E-state index contributed by atoms with van der Waals surface area (Å²) in [6.07, 6.45) is 2.84. The van der Waals surface area contributed by atoms with Crippen molar-refractivity contribution in [3.05, 3.63) is 58.9 Å². The summed E-state index contributed by atoms with van der Waals surface area (Å²) in [4.78, 5) is 2.44. The van der Waals surface area contributed by atoms with Crippen molar-refractivity contribution in [1.29, 1.82) is 0 Å². The molecule has 2 atom stereocenters. The van der Waals surface area contributed by atoms with Crippen LogP contribution in [0.5, 0.6) is 11.5 Å². The Balaban J connectivity index is 0.00000272. The fraction of sp³-hybridized carbons (Fsp3) is 0.520. The number of benzene rings is 2. The van der Waals surface area contributed by atoms with Gasteiger partial charge >= 0.3 is 0 Å². The second-order valence-electron chi connectivity index (χ2n) is 9.25. The molecular weight excluding hydrogens is 413 g/mol. The van der Waals surface area contributed by atoms with Crippen LogP contribution in [0, 0.1) is 5.82 Å². The van der Waals surface area contributed by atoms with Gasteiger partial charge in [-0.15, -0.1) is 0 Å². The second-order valence-corrected chi connectivity index (χ2v) is 9.25. The Bertz CT molecular complexity index is 885. The highest BCUT2D eigenvalue weighted by molar-refractivity contribution is 7.59. The molecule has 2 aromatic rings. The van der Waals surface area contributed by atoms with Gasteiger partial charge in [0.25, 0.3) is 0 Å². The Kier molecular flexibility index (Phi) is 7.55. The van der Waals surface area contributed by atoms with Gasteiger partial charge in [0.1, 0.15) is 6.61 Å². The molecule has 31 heavy (non-hydrogen) atoms. The van der Waals surface area contributed by atoms with Crippen molar-refractivity contribution in [1.82, 2.24) is 4.90 Å². The van der Waals surface area contributed by atoms with Gasteiger partial charge in [0.05, 0.1) is 18.8 Å². The zero-order valence-corrected chi connectivity index (χ0v) is 19.9. The van der Waals surface area contributed by atoms with Crippen molar-refractivity contribution in [3.63, 3.8) is 0 Å². The van der Waals surface area contributed by atoms with E-state index in [-0.39, 0.29) is 42.8 Å². The number of hydrogen-bond acceptors (Lipinski definition) is 4. The minimum absolute atomic E-state index is 0. The van der Waals surface area contributed by atoms with Gasteiger partial charge in [0, 0.05) is 19.1 Å². The maximum atomic E-state index is 15.5. The average molecular weight is 448 g/mol. The summed E-state index contributed by atoms with van der Waals surface area (Å²) in [5, 5.41) is 0. The highest BCUT2D eigenvalue weighted by Gasteiger charge is 2.37. The zero-order chi connectivity index (χ0) is 21.3. The molecule has 1 saturated heterocycles. The van der Waals surface area contributed by atoms with E-state index in [9.17, 15) is 0 Å². The summed E-state index contributed by atoms with van der Waals surface area (Å²) < 4.78 is 33.2. The Morgan fingerprint density at radius 1 is 1.13 bits per heavy atom. The molecular formula is C25H34FNO3S. The zero-order valence-electron chi connectivity index (χ0n) is 18.9. The smallest absolute Gasteiger partial charge is 0.197 e. The van der Waals surface area contributed by atoms with Crippen molar-refractivity contribution >= 4 is 13.5 Å². The summed E-state index contributed by atoms with van der Waals surface area (Å²) in [6, 6.07) is 12.0. The van der Waals surface area contributed by atoms with E-state index in [1.807, 2.05) is 36.4 Å². The molecule has 0 bridgehead atoms. The number of piperidine rings is 1. The van der Waals surface area contributed by atoms with Crippen LogP contribution < -0.4 is 9.47 Å². The highest BCUT2D eigenvalue weighted by atomic mass is 32.1. The second kappa shape index (κ2) is 9.80. The van der Waals surface area contributed by atoms with E-state index < -0.39 is 0 Å². The van der Waals surface area contributed by atoms with E-state index in [1.165, 1.54) is 0 Å². The van der Waals surface area contributed by atoms with E-state index in [2.05, 4.69) is 25.7 Å². The lowest BCUT2D eigenvalue weighted by Gasteiger charge is -2.45. The van der Waals surface area contributed by atoms with Crippen LogP contribution in [0.3, 0.4) is 0 Å². The van der Waals surface area contributed by atoms with Crippen LogP contribution in [0.4, 0.5) is 4.39 Å². The lowest BCUT2D eigenvalue weighted by atomic mass is 9.85. The molecule has 0 aliphatic carbocycles. The van der Waals surface area contributed by atoms with Gasteiger partial charge in [-0.25, -0.2) is 4.39 Å². The summed E-state index contributed by atoms with van der Waals surface area (Å²) >= 11 is 0. The first-order chi connectivity index (χ1) is 14.4. The fourth-order valence-electron chi connectivity index (χ4n) is 4.69. The van der Waals surface area contributed by atoms with Gasteiger partial charge in [0.15, 0.2) is 17.3 Å².